The van der Waals surface area contributed by atoms with Gasteiger partial charge in [0.15, 0.2) is 0 Å². The maximum Gasteiger partial charge on any atom is 0.309 e. The molecule has 0 radical (unpaired) electrons. The molecular formula is C14H16N2O3. The lowest BCUT2D eigenvalue weighted by atomic mass is 10.1. The molecule has 2 N–H and O–H groups in total. The van der Waals surface area contributed by atoms with Gasteiger partial charge in [-0.3, -0.25) is 4.79 Å². The average Bonchev–Trinajstić information content (AvgIpc) is 2.76. The van der Waals surface area contributed by atoms with Crippen LogP contribution in [0.15, 0.2) is 24.4 Å². The number of hydrogen-bond donors (Lipinski definition) is 2. The quantitative estimate of drug-likeness (QED) is 0.861. The van der Waals surface area contributed by atoms with E-state index in [1.807, 2.05) is 25.1 Å². The van der Waals surface area contributed by atoms with Gasteiger partial charge in [-0.2, -0.15) is 0 Å². The normalized spacial score (nSPS) is 10.4. The molecule has 0 aliphatic heterocycles. The molecule has 0 saturated carbocycles. The molecule has 0 spiro atoms. The predicted octanol–water partition coefficient (Wildman–Crippen LogP) is 1.94. The number of H-pyrrole nitrogens is 1. The second-order valence-corrected chi connectivity index (χ2v) is 4.41. The Morgan fingerprint density at radius 1 is 1.47 bits per heavy atom. The van der Waals surface area contributed by atoms with Crippen LogP contribution < -0.4 is 4.74 Å². The van der Waals surface area contributed by atoms with Crippen molar-refractivity contribution >= 4 is 5.97 Å². The molecule has 2 rings (SSSR count). The van der Waals surface area contributed by atoms with E-state index in [1.165, 1.54) is 0 Å². The van der Waals surface area contributed by atoms with Gasteiger partial charge in [0.05, 0.1) is 13.5 Å². The lowest BCUT2D eigenvalue weighted by Crippen LogP contribution is -2.00. The van der Waals surface area contributed by atoms with Crippen molar-refractivity contribution in [3.05, 3.63) is 47.0 Å². The van der Waals surface area contributed by atoms with Crippen LogP contribution in [0.1, 0.15) is 22.6 Å². The SMILES string of the molecule is COc1ccc(Cc2ncc(CC(=O)O)[nH]2)cc1C. The molecule has 0 bridgehead atoms. The summed E-state index contributed by atoms with van der Waals surface area (Å²) in [5.41, 5.74) is 2.79. The maximum atomic E-state index is 10.6. The zero-order chi connectivity index (χ0) is 13.8. The molecule has 0 saturated heterocycles. The molecule has 0 amide bonds. The second-order valence-electron chi connectivity index (χ2n) is 4.41. The van der Waals surface area contributed by atoms with Gasteiger partial charge < -0.3 is 14.8 Å². The third-order valence-electron chi connectivity index (χ3n) is 2.85. The van der Waals surface area contributed by atoms with Crippen molar-refractivity contribution in [2.24, 2.45) is 0 Å². The highest BCUT2D eigenvalue weighted by Crippen LogP contribution is 2.19. The van der Waals surface area contributed by atoms with E-state index in [0.29, 0.717) is 12.1 Å². The van der Waals surface area contributed by atoms with Crippen LogP contribution in [0.25, 0.3) is 0 Å². The van der Waals surface area contributed by atoms with E-state index in [-0.39, 0.29) is 6.42 Å². The van der Waals surface area contributed by atoms with Gasteiger partial charge >= 0.3 is 5.97 Å². The number of aromatic nitrogens is 2. The summed E-state index contributed by atoms with van der Waals surface area (Å²) >= 11 is 0. The van der Waals surface area contributed by atoms with Gasteiger partial charge in [-0.25, -0.2) is 4.98 Å². The Labute approximate surface area is 111 Å². The zero-order valence-corrected chi connectivity index (χ0v) is 10.9. The largest absolute Gasteiger partial charge is 0.496 e. The number of aryl methyl sites for hydroxylation is 1. The molecule has 0 aliphatic carbocycles. The summed E-state index contributed by atoms with van der Waals surface area (Å²) in [5, 5.41) is 8.70. The van der Waals surface area contributed by atoms with Crippen LogP contribution in [0.3, 0.4) is 0 Å². The number of carbonyl (C=O) groups is 1. The van der Waals surface area contributed by atoms with E-state index in [2.05, 4.69) is 9.97 Å². The molecule has 0 atom stereocenters. The molecule has 100 valence electrons. The van der Waals surface area contributed by atoms with E-state index < -0.39 is 5.97 Å². The van der Waals surface area contributed by atoms with Gasteiger partial charge in [-0.1, -0.05) is 12.1 Å². The predicted molar refractivity (Wildman–Crippen MR) is 70.5 cm³/mol. The van der Waals surface area contributed by atoms with Crippen LogP contribution in [-0.4, -0.2) is 28.2 Å². The first-order valence-electron chi connectivity index (χ1n) is 5.96. The summed E-state index contributed by atoms with van der Waals surface area (Å²) in [6.07, 6.45) is 2.18. The lowest BCUT2D eigenvalue weighted by molar-refractivity contribution is -0.136. The minimum absolute atomic E-state index is 0.0331. The average molecular weight is 260 g/mol. The van der Waals surface area contributed by atoms with Gasteiger partial charge in [0.1, 0.15) is 11.6 Å². The first-order valence-corrected chi connectivity index (χ1v) is 5.96. The van der Waals surface area contributed by atoms with Gasteiger partial charge in [-0.05, 0) is 24.1 Å². The van der Waals surface area contributed by atoms with Crippen molar-refractivity contribution in [1.82, 2.24) is 9.97 Å². The fraction of sp³-hybridized carbons (Fsp3) is 0.286. The Bertz CT molecular complexity index is 590. The van der Waals surface area contributed by atoms with Gasteiger partial charge in [0.25, 0.3) is 0 Å². The lowest BCUT2D eigenvalue weighted by Gasteiger charge is -2.06. The van der Waals surface area contributed by atoms with Crippen molar-refractivity contribution in [1.29, 1.82) is 0 Å². The van der Waals surface area contributed by atoms with Crippen LogP contribution >= 0.6 is 0 Å². The van der Waals surface area contributed by atoms with Gasteiger partial charge in [-0.15, -0.1) is 0 Å². The zero-order valence-electron chi connectivity index (χ0n) is 10.9. The molecule has 19 heavy (non-hydrogen) atoms. The number of rotatable bonds is 5. The van der Waals surface area contributed by atoms with Crippen molar-refractivity contribution in [2.75, 3.05) is 7.11 Å². The Hall–Kier alpha value is -2.30. The maximum absolute atomic E-state index is 10.6. The molecule has 1 heterocycles. The summed E-state index contributed by atoms with van der Waals surface area (Å²) in [4.78, 5) is 17.8. The van der Waals surface area contributed by atoms with E-state index in [9.17, 15) is 4.79 Å². The van der Waals surface area contributed by atoms with Gasteiger partial charge in [0.2, 0.25) is 0 Å². The number of imidazole rings is 1. The molecule has 0 aliphatic rings. The molecular weight excluding hydrogens is 244 g/mol. The molecule has 0 unspecified atom stereocenters. The summed E-state index contributed by atoms with van der Waals surface area (Å²) in [6.45, 7) is 1.99. The molecule has 5 heteroatoms. The first-order chi connectivity index (χ1) is 9.08. The third kappa shape index (κ3) is 3.34. The number of aromatic amines is 1. The van der Waals surface area contributed by atoms with E-state index in [1.54, 1.807) is 13.3 Å². The monoisotopic (exact) mass is 260 g/mol. The number of nitrogens with one attached hydrogen (secondary N) is 1. The third-order valence-corrected chi connectivity index (χ3v) is 2.85. The molecule has 0 fully saturated rings. The molecule has 1 aromatic carbocycles. The minimum Gasteiger partial charge on any atom is -0.496 e. The molecule has 1 aromatic heterocycles. The fourth-order valence-corrected chi connectivity index (χ4v) is 1.99. The van der Waals surface area contributed by atoms with Crippen molar-refractivity contribution < 1.29 is 14.6 Å². The van der Waals surface area contributed by atoms with Crippen molar-refractivity contribution in [3.8, 4) is 5.75 Å². The van der Waals surface area contributed by atoms with E-state index in [4.69, 9.17) is 9.84 Å². The molecule has 5 nitrogen and oxygen atoms in total. The number of benzene rings is 1. The summed E-state index contributed by atoms with van der Waals surface area (Å²) in [5.74, 6) is 0.756. The van der Waals surface area contributed by atoms with Crippen LogP contribution in [0, 0.1) is 6.92 Å². The highest BCUT2D eigenvalue weighted by Gasteiger charge is 2.06. The summed E-state index contributed by atoms with van der Waals surface area (Å²) in [6, 6.07) is 5.94. The smallest absolute Gasteiger partial charge is 0.309 e. The van der Waals surface area contributed by atoms with E-state index in [0.717, 1.165) is 22.7 Å². The van der Waals surface area contributed by atoms with E-state index >= 15 is 0 Å². The fourth-order valence-electron chi connectivity index (χ4n) is 1.99. The number of hydrogen-bond acceptors (Lipinski definition) is 3. The molecule has 2 aromatic rings. The van der Waals surface area contributed by atoms with Crippen LogP contribution in [0.5, 0.6) is 5.75 Å². The van der Waals surface area contributed by atoms with Crippen molar-refractivity contribution in [2.45, 2.75) is 19.8 Å². The van der Waals surface area contributed by atoms with Crippen LogP contribution in [0.4, 0.5) is 0 Å². The first kappa shape index (κ1) is 13.1. The highest BCUT2D eigenvalue weighted by molar-refractivity contribution is 5.69. The number of carboxylic acid groups (broad SMARTS) is 1. The highest BCUT2D eigenvalue weighted by atomic mass is 16.5. The Morgan fingerprint density at radius 3 is 2.89 bits per heavy atom. The van der Waals surface area contributed by atoms with Crippen LogP contribution in [-0.2, 0) is 17.6 Å². The second kappa shape index (κ2) is 5.56. The topological polar surface area (TPSA) is 75.2 Å². The summed E-state index contributed by atoms with van der Waals surface area (Å²) in [7, 11) is 1.65. The standard InChI is InChI=1S/C14H16N2O3/c1-9-5-10(3-4-12(9)19-2)6-13-15-8-11(16-13)7-14(17)18/h3-5,8H,6-7H2,1-2H3,(H,15,16)(H,17,18). The van der Waals surface area contributed by atoms with Gasteiger partial charge in [0, 0.05) is 18.3 Å². The summed E-state index contributed by atoms with van der Waals surface area (Å²) < 4.78 is 5.21. The number of aliphatic carboxylic acids is 1. The Morgan fingerprint density at radius 2 is 2.26 bits per heavy atom. The number of nitrogens with zero attached hydrogens (tertiary/aromatic N) is 1. The number of ether oxygens (including phenoxy) is 1. The Balaban J connectivity index is 2.10. The number of carboxylic acids is 1. The van der Waals surface area contributed by atoms with Crippen LogP contribution in [0.2, 0.25) is 0 Å². The number of methoxy groups -OCH3 is 1. The Kier molecular flexibility index (Phi) is 3.85. The minimum atomic E-state index is -0.865. The van der Waals surface area contributed by atoms with Crippen molar-refractivity contribution in [3.63, 3.8) is 0 Å².